The number of rotatable bonds is 7. The van der Waals surface area contributed by atoms with Crippen molar-refractivity contribution in [2.24, 2.45) is 0 Å². The van der Waals surface area contributed by atoms with Crippen LogP contribution in [0.4, 0.5) is 5.95 Å². The molecular weight excluding hydrogens is 306 g/mol. The van der Waals surface area contributed by atoms with E-state index in [4.69, 9.17) is 4.74 Å². The average Bonchev–Trinajstić information content (AvgIpc) is 3.26. The quantitative estimate of drug-likeness (QED) is 0.698. The molecule has 0 aliphatic rings. The fourth-order valence-corrected chi connectivity index (χ4v) is 2.53. The summed E-state index contributed by atoms with van der Waals surface area (Å²) in [6, 6.07) is 13.7. The second-order valence-corrected chi connectivity index (χ2v) is 5.35. The molecule has 3 rings (SSSR count). The minimum absolute atomic E-state index is 0.0846. The number of nitrogens with one attached hydrogen (secondary N) is 2. The van der Waals surface area contributed by atoms with Gasteiger partial charge < -0.3 is 9.30 Å². The van der Waals surface area contributed by atoms with E-state index < -0.39 is 0 Å². The molecule has 0 spiro atoms. The predicted molar refractivity (Wildman–Crippen MR) is 89.4 cm³/mol. The summed E-state index contributed by atoms with van der Waals surface area (Å²) < 4.78 is 6.98. The van der Waals surface area contributed by atoms with Crippen molar-refractivity contribution < 1.29 is 9.53 Å². The molecule has 0 fully saturated rings. The van der Waals surface area contributed by atoms with Gasteiger partial charge in [-0.2, -0.15) is 4.98 Å². The van der Waals surface area contributed by atoms with Crippen molar-refractivity contribution in [1.29, 1.82) is 0 Å². The van der Waals surface area contributed by atoms with Gasteiger partial charge in [-0.3, -0.25) is 15.2 Å². The number of carbonyl (C=O) groups excluding carboxylic acids is 1. The Hall–Kier alpha value is -2.93. The first-order valence-corrected chi connectivity index (χ1v) is 7.63. The Labute approximate surface area is 139 Å². The summed E-state index contributed by atoms with van der Waals surface area (Å²) in [7, 11) is 1.57. The number of H-pyrrole nitrogens is 1. The highest BCUT2D eigenvalue weighted by Crippen LogP contribution is 2.22. The maximum absolute atomic E-state index is 12.4. The van der Waals surface area contributed by atoms with E-state index in [0.29, 0.717) is 12.4 Å². The summed E-state index contributed by atoms with van der Waals surface area (Å²) in [6.45, 7) is 0.318. The van der Waals surface area contributed by atoms with E-state index in [1.165, 1.54) is 0 Å². The Balaban J connectivity index is 1.71. The number of benzene rings is 1. The second-order valence-electron chi connectivity index (χ2n) is 5.35. The van der Waals surface area contributed by atoms with Crippen molar-refractivity contribution >= 4 is 11.9 Å². The van der Waals surface area contributed by atoms with Gasteiger partial charge in [-0.25, -0.2) is 0 Å². The fraction of sp³-hybridized carbons (Fsp3) is 0.235. The van der Waals surface area contributed by atoms with E-state index >= 15 is 0 Å². The van der Waals surface area contributed by atoms with Crippen LogP contribution in [0.5, 0.6) is 0 Å². The molecule has 7 nitrogen and oxygen atoms in total. The van der Waals surface area contributed by atoms with E-state index in [-0.39, 0.29) is 24.3 Å². The number of aromatic amines is 1. The van der Waals surface area contributed by atoms with Crippen molar-refractivity contribution in [3.63, 3.8) is 0 Å². The lowest BCUT2D eigenvalue weighted by Gasteiger charge is -2.18. The SMILES string of the molecule is COCc1nc(NC(=O)C[C@H](c2ccccc2)n2cccc2)n[nH]1. The average molecular weight is 325 g/mol. The van der Waals surface area contributed by atoms with Crippen LogP contribution >= 0.6 is 0 Å². The molecule has 124 valence electrons. The largest absolute Gasteiger partial charge is 0.377 e. The maximum Gasteiger partial charge on any atom is 0.248 e. The monoisotopic (exact) mass is 325 g/mol. The minimum Gasteiger partial charge on any atom is -0.377 e. The number of hydrogen-bond donors (Lipinski definition) is 2. The third-order valence-electron chi connectivity index (χ3n) is 3.61. The van der Waals surface area contributed by atoms with E-state index in [2.05, 4.69) is 20.5 Å². The van der Waals surface area contributed by atoms with Crippen molar-refractivity contribution in [3.8, 4) is 0 Å². The molecule has 0 radical (unpaired) electrons. The summed E-state index contributed by atoms with van der Waals surface area (Å²) in [6.07, 6.45) is 4.19. The topological polar surface area (TPSA) is 84.8 Å². The summed E-state index contributed by atoms with van der Waals surface area (Å²) in [5.74, 6) is 0.671. The van der Waals surface area contributed by atoms with Crippen LogP contribution in [0.3, 0.4) is 0 Å². The molecule has 3 aromatic rings. The van der Waals surface area contributed by atoms with Gasteiger partial charge in [0.25, 0.3) is 0 Å². The molecule has 0 unspecified atom stereocenters. The van der Waals surface area contributed by atoms with Crippen LogP contribution in [-0.4, -0.2) is 32.8 Å². The van der Waals surface area contributed by atoms with E-state index in [0.717, 1.165) is 5.56 Å². The molecule has 7 heteroatoms. The lowest BCUT2D eigenvalue weighted by molar-refractivity contribution is -0.116. The molecule has 0 saturated carbocycles. The molecule has 1 aromatic carbocycles. The van der Waals surface area contributed by atoms with Gasteiger partial charge in [0.15, 0.2) is 5.82 Å². The van der Waals surface area contributed by atoms with Gasteiger partial charge in [0.05, 0.1) is 12.5 Å². The molecule has 0 aliphatic heterocycles. The Bertz CT molecular complexity index is 767. The predicted octanol–water partition coefficient (Wildman–Crippen LogP) is 2.37. The molecule has 24 heavy (non-hydrogen) atoms. The molecule has 0 aliphatic carbocycles. The van der Waals surface area contributed by atoms with Gasteiger partial charge >= 0.3 is 0 Å². The van der Waals surface area contributed by atoms with Gasteiger partial charge in [-0.1, -0.05) is 30.3 Å². The number of ether oxygens (including phenoxy) is 1. The van der Waals surface area contributed by atoms with Crippen molar-refractivity contribution in [1.82, 2.24) is 19.7 Å². The molecular formula is C17H19N5O2. The minimum atomic E-state index is -0.152. The van der Waals surface area contributed by atoms with Crippen LogP contribution in [-0.2, 0) is 16.1 Å². The molecule has 0 bridgehead atoms. The van der Waals surface area contributed by atoms with E-state index in [9.17, 15) is 4.79 Å². The molecule has 1 amide bonds. The van der Waals surface area contributed by atoms with Crippen LogP contribution in [0.1, 0.15) is 23.9 Å². The molecule has 2 aromatic heterocycles. The Kier molecular flexibility index (Phi) is 5.02. The number of nitrogens with zero attached hydrogens (tertiary/aromatic N) is 3. The summed E-state index contributed by atoms with van der Waals surface area (Å²) in [5.41, 5.74) is 1.07. The van der Waals surface area contributed by atoms with Crippen molar-refractivity contribution in [3.05, 3.63) is 66.2 Å². The smallest absolute Gasteiger partial charge is 0.248 e. The van der Waals surface area contributed by atoms with Gasteiger partial charge in [-0.15, -0.1) is 5.10 Å². The van der Waals surface area contributed by atoms with Gasteiger partial charge in [0.1, 0.15) is 6.61 Å². The highest BCUT2D eigenvalue weighted by atomic mass is 16.5. The third-order valence-corrected chi connectivity index (χ3v) is 3.61. The van der Waals surface area contributed by atoms with E-state index in [1.807, 2.05) is 59.4 Å². The highest BCUT2D eigenvalue weighted by molar-refractivity contribution is 5.89. The molecule has 1 atom stereocenters. The van der Waals surface area contributed by atoms with Gasteiger partial charge in [0, 0.05) is 19.5 Å². The molecule has 2 N–H and O–H groups in total. The number of methoxy groups -OCH3 is 1. The van der Waals surface area contributed by atoms with Crippen LogP contribution in [0.25, 0.3) is 0 Å². The Morgan fingerprint density at radius 2 is 2.00 bits per heavy atom. The Morgan fingerprint density at radius 1 is 1.25 bits per heavy atom. The zero-order valence-corrected chi connectivity index (χ0v) is 13.3. The number of anilines is 1. The van der Waals surface area contributed by atoms with Crippen molar-refractivity contribution in [2.45, 2.75) is 19.1 Å². The first-order chi connectivity index (χ1) is 11.8. The van der Waals surface area contributed by atoms with Crippen LogP contribution in [0, 0.1) is 0 Å². The number of aromatic nitrogens is 4. The van der Waals surface area contributed by atoms with Gasteiger partial charge in [-0.05, 0) is 17.7 Å². The zero-order chi connectivity index (χ0) is 16.8. The number of carbonyl (C=O) groups is 1. The highest BCUT2D eigenvalue weighted by Gasteiger charge is 2.18. The normalized spacial score (nSPS) is 12.0. The first-order valence-electron chi connectivity index (χ1n) is 7.63. The lowest BCUT2D eigenvalue weighted by Crippen LogP contribution is -2.20. The first kappa shape index (κ1) is 15.9. The van der Waals surface area contributed by atoms with Gasteiger partial charge in [0.2, 0.25) is 11.9 Å². The summed E-state index contributed by atoms with van der Waals surface area (Å²) >= 11 is 0. The maximum atomic E-state index is 12.4. The van der Waals surface area contributed by atoms with Crippen LogP contribution < -0.4 is 5.32 Å². The third kappa shape index (κ3) is 3.88. The van der Waals surface area contributed by atoms with Crippen molar-refractivity contribution in [2.75, 3.05) is 12.4 Å². The summed E-state index contributed by atoms with van der Waals surface area (Å²) in [5, 5.41) is 9.40. The molecule has 0 saturated heterocycles. The number of amides is 1. The lowest BCUT2D eigenvalue weighted by atomic mass is 10.0. The molecule has 2 heterocycles. The fourth-order valence-electron chi connectivity index (χ4n) is 2.53. The van der Waals surface area contributed by atoms with Crippen LogP contribution in [0.15, 0.2) is 54.9 Å². The Morgan fingerprint density at radius 3 is 2.71 bits per heavy atom. The summed E-state index contributed by atoms with van der Waals surface area (Å²) in [4.78, 5) is 16.6. The second kappa shape index (κ2) is 7.56. The standard InChI is InChI=1S/C17H19N5O2/c1-24-12-15-18-17(21-20-15)19-16(23)11-14(22-9-5-6-10-22)13-7-3-2-4-8-13/h2-10,14H,11-12H2,1H3,(H2,18,19,20,21,23)/t14-/m1/s1. The van der Waals surface area contributed by atoms with Crippen LogP contribution in [0.2, 0.25) is 0 Å². The van der Waals surface area contributed by atoms with E-state index in [1.54, 1.807) is 7.11 Å². The number of hydrogen-bond acceptors (Lipinski definition) is 4. The zero-order valence-electron chi connectivity index (χ0n) is 13.3.